The molecule has 0 aromatic heterocycles. The molecule has 60 valence electrons. The summed E-state index contributed by atoms with van der Waals surface area (Å²) in [5, 5.41) is 0. The van der Waals surface area contributed by atoms with Crippen molar-refractivity contribution < 1.29 is 8.57 Å². The minimum absolute atomic E-state index is 0.176. The van der Waals surface area contributed by atoms with Gasteiger partial charge in [-0.25, -0.2) is 4.39 Å². The van der Waals surface area contributed by atoms with E-state index in [-0.39, 0.29) is 5.82 Å². The minimum atomic E-state index is -0.176. The molecular formula is C8H9FOS. The predicted molar refractivity (Wildman–Crippen MR) is 44.0 cm³/mol. The molecular weight excluding hydrogens is 163 g/mol. The summed E-state index contributed by atoms with van der Waals surface area (Å²) in [5.74, 6) is -0.176. The number of aryl methyl sites for hydroxylation is 1. The van der Waals surface area contributed by atoms with Gasteiger partial charge in [-0.05, 0) is 30.7 Å². The van der Waals surface area contributed by atoms with Crippen molar-refractivity contribution in [3.63, 3.8) is 0 Å². The molecule has 0 N–H and O–H groups in total. The summed E-state index contributed by atoms with van der Waals surface area (Å²) in [6, 6.07) is 4.89. The van der Waals surface area contributed by atoms with Crippen LogP contribution in [-0.2, 0) is 4.18 Å². The van der Waals surface area contributed by atoms with Crippen molar-refractivity contribution in [1.82, 2.24) is 0 Å². The van der Waals surface area contributed by atoms with Gasteiger partial charge in [-0.3, -0.25) is 0 Å². The highest BCUT2D eigenvalue weighted by Gasteiger charge is 1.98. The fraction of sp³-hybridized carbons (Fsp3) is 0.250. The van der Waals surface area contributed by atoms with Crippen LogP contribution in [0.4, 0.5) is 4.39 Å². The Bertz CT molecular complexity index is 250. The average Bonchev–Trinajstić information content (AvgIpc) is 1.98. The number of benzene rings is 1. The van der Waals surface area contributed by atoms with Gasteiger partial charge < -0.3 is 4.18 Å². The van der Waals surface area contributed by atoms with Gasteiger partial charge in [0.1, 0.15) is 5.82 Å². The molecule has 0 fully saturated rings. The molecule has 0 aliphatic rings. The second-order valence-electron chi connectivity index (χ2n) is 2.16. The Labute approximate surface area is 69.8 Å². The normalized spacial score (nSPS) is 10.1. The Morgan fingerprint density at radius 2 is 2.18 bits per heavy atom. The van der Waals surface area contributed by atoms with Gasteiger partial charge in [-0.15, -0.1) is 0 Å². The van der Waals surface area contributed by atoms with E-state index in [2.05, 4.69) is 0 Å². The van der Waals surface area contributed by atoms with E-state index in [1.54, 1.807) is 26.2 Å². The van der Waals surface area contributed by atoms with Crippen LogP contribution >= 0.6 is 12.0 Å². The number of hydrogen-bond acceptors (Lipinski definition) is 2. The van der Waals surface area contributed by atoms with Crippen LogP contribution in [0.15, 0.2) is 23.1 Å². The van der Waals surface area contributed by atoms with E-state index in [0.717, 1.165) is 4.90 Å². The molecule has 11 heavy (non-hydrogen) atoms. The van der Waals surface area contributed by atoms with Crippen LogP contribution in [0.2, 0.25) is 0 Å². The third kappa shape index (κ3) is 2.20. The van der Waals surface area contributed by atoms with Crippen LogP contribution < -0.4 is 0 Å². The molecule has 1 rings (SSSR count). The van der Waals surface area contributed by atoms with Crippen LogP contribution in [0, 0.1) is 12.7 Å². The Hall–Kier alpha value is -0.540. The summed E-state index contributed by atoms with van der Waals surface area (Å²) in [4.78, 5) is 0.923. The van der Waals surface area contributed by atoms with Gasteiger partial charge in [0.15, 0.2) is 0 Å². The number of halogens is 1. The summed E-state index contributed by atoms with van der Waals surface area (Å²) in [7, 11) is 1.59. The maximum atomic E-state index is 12.7. The smallest absolute Gasteiger partial charge is 0.126 e. The van der Waals surface area contributed by atoms with Crippen molar-refractivity contribution in [2.75, 3.05) is 7.11 Å². The summed E-state index contributed by atoms with van der Waals surface area (Å²) in [6.07, 6.45) is 0. The second-order valence-corrected chi connectivity index (χ2v) is 3.13. The molecule has 0 spiro atoms. The highest BCUT2D eigenvalue weighted by Crippen LogP contribution is 2.20. The standard InChI is InChI=1S/C8H9FOS/c1-6-5-7(11-10-2)3-4-8(6)9/h3-5H,1-2H3. The van der Waals surface area contributed by atoms with E-state index in [9.17, 15) is 4.39 Å². The molecule has 0 amide bonds. The molecule has 1 nitrogen and oxygen atoms in total. The van der Waals surface area contributed by atoms with E-state index in [4.69, 9.17) is 4.18 Å². The molecule has 0 saturated heterocycles. The number of hydrogen-bond donors (Lipinski definition) is 0. The van der Waals surface area contributed by atoms with Crippen LogP contribution in [0.1, 0.15) is 5.56 Å². The van der Waals surface area contributed by atoms with E-state index in [0.29, 0.717) is 5.56 Å². The lowest BCUT2D eigenvalue weighted by molar-refractivity contribution is 0.489. The molecule has 0 aliphatic heterocycles. The minimum Gasteiger partial charge on any atom is -0.314 e. The van der Waals surface area contributed by atoms with E-state index < -0.39 is 0 Å². The highest BCUT2D eigenvalue weighted by molar-refractivity contribution is 7.94. The molecule has 0 unspecified atom stereocenters. The molecule has 0 atom stereocenters. The van der Waals surface area contributed by atoms with Gasteiger partial charge in [0.2, 0.25) is 0 Å². The molecule has 0 heterocycles. The zero-order chi connectivity index (χ0) is 8.27. The Balaban J connectivity index is 2.86. The molecule has 3 heteroatoms. The van der Waals surface area contributed by atoms with Crippen LogP contribution in [0.25, 0.3) is 0 Å². The predicted octanol–water partition coefficient (Wildman–Crippen LogP) is 2.79. The Morgan fingerprint density at radius 3 is 2.73 bits per heavy atom. The number of rotatable bonds is 2. The van der Waals surface area contributed by atoms with Crippen molar-refractivity contribution in [2.45, 2.75) is 11.8 Å². The first kappa shape index (κ1) is 8.56. The molecule has 0 aliphatic carbocycles. The van der Waals surface area contributed by atoms with Crippen LogP contribution in [0.5, 0.6) is 0 Å². The van der Waals surface area contributed by atoms with Crippen molar-refractivity contribution in [1.29, 1.82) is 0 Å². The van der Waals surface area contributed by atoms with Crippen LogP contribution in [0.3, 0.4) is 0 Å². The maximum absolute atomic E-state index is 12.7. The molecule has 1 aromatic carbocycles. The van der Waals surface area contributed by atoms with Crippen molar-refractivity contribution in [2.24, 2.45) is 0 Å². The monoisotopic (exact) mass is 172 g/mol. The summed E-state index contributed by atoms with van der Waals surface area (Å²) in [5.41, 5.74) is 0.645. The largest absolute Gasteiger partial charge is 0.314 e. The van der Waals surface area contributed by atoms with E-state index >= 15 is 0 Å². The first-order valence-electron chi connectivity index (χ1n) is 3.21. The molecule has 0 saturated carbocycles. The topological polar surface area (TPSA) is 9.23 Å². The Morgan fingerprint density at radius 1 is 1.45 bits per heavy atom. The second kappa shape index (κ2) is 3.74. The maximum Gasteiger partial charge on any atom is 0.126 e. The summed E-state index contributed by atoms with van der Waals surface area (Å²) < 4.78 is 17.5. The van der Waals surface area contributed by atoms with Gasteiger partial charge >= 0.3 is 0 Å². The first-order chi connectivity index (χ1) is 5.24. The lowest BCUT2D eigenvalue weighted by Gasteiger charge is -1.99. The average molecular weight is 172 g/mol. The molecule has 0 bridgehead atoms. The fourth-order valence-electron chi connectivity index (χ4n) is 0.765. The van der Waals surface area contributed by atoms with Gasteiger partial charge in [-0.2, -0.15) is 0 Å². The third-order valence-electron chi connectivity index (χ3n) is 1.31. The van der Waals surface area contributed by atoms with Gasteiger partial charge in [0.05, 0.1) is 7.11 Å². The zero-order valence-electron chi connectivity index (χ0n) is 6.43. The fourth-order valence-corrected chi connectivity index (χ4v) is 1.31. The Kier molecular flexibility index (Phi) is 2.91. The molecule has 1 aromatic rings. The lowest BCUT2D eigenvalue weighted by atomic mass is 10.2. The summed E-state index contributed by atoms with van der Waals surface area (Å²) >= 11 is 1.23. The van der Waals surface area contributed by atoms with Gasteiger partial charge in [-0.1, -0.05) is 0 Å². The highest BCUT2D eigenvalue weighted by atomic mass is 32.2. The van der Waals surface area contributed by atoms with Gasteiger partial charge in [0.25, 0.3) is 0 Å². The lowest BCUT2D eigenvalue weighted by Crippen LogP contribution is -1.81. The van der Waals surface area contributed by atoms with Gasteiger partial charge in [0, 0.05) is 16.9 Å². The van der Waals surface area contributed by atoms with Crippen molar-refractivity contribution >= 4 is 12.0 Å². The van der Waals surface area contributed by atoms with Crippen molar-refractivity contribution in [3.8, 4) is 0 Å². The van der Waals surface area contributed by atoms with Crippen molar-refractivity contribution in [3.05, 3.63) is 29.6 Å². The SMILES string of the molecule is COSc1ccc(F)c(C)c1. The third-order valence-corrected chi connectivity index (χ3v) is 1.92. The van der Waals surface area contributed by atoms with E-state index in [1.165, 1.54) is 18.1 Å². The molecule has 0 radical (unpaired) electrons. The zero-order valence-corrected chi connectivity index (χ0v) is 7.24. The first-order valence-corrected chi connectivity index (χ1v) is 3.95. The quantitative estimate of drug-likeness (QED) is 0.634. The van der Waals surface area contributed by atoms with Crippen LogP contribution in [-0.4, -0.2) is 7.11 Å². The summed E-state index contributed by atoms with van der Waals surface area (Å²) in [6.45, 7) is 1.73. The van der Waals surface area contributed by atoms with E-state index in [1.807, 2.05) is 0 Å².